The first kappa shape index (κ1) is 16.4. The van der Waals surface area contributed by atoms with Crippen molar-refractivity contribution in [3.63, 3.8) is 0 Å². The summed E-state index contributed by atoms with van der Waals surface area (Å²) >= 11 is 0. The van der Waals surface area contributed by atoms with Crippen LogP contribution in [0.3, 0.4) is 0 Å². The van der Waals surface area contributed by atoms with Crippen molar-refractivity contribution in [2.24, 2.45) is 5.92 Å². The molecule has 3 heterocycles. The van der Waals surface area contributed by atoms with Crippen molar-refractivity contribution in [1.82, 2.24) is 20.3 Å². The van der Waals surface area contributed by atoms with E-state index in [0.717, 1.165) is 56.0 Å². The highest BCUT2D eigenvalue weighted by molar-refractivity contribution is 5.91. The zero-order valence-electron chi connectivity index (χ0n) is 14.2. The second-order valence-electron chi connectivity index (χ2n) is 6.16. The molecule has 1 fully saturated rings. The SMILES string of the molecule is CCc1cc(C(=O)N2CCCC(Cc3ccc(NC)nn3)C2)on1. The Bertz CT molecular complexity index is 683. The van der Waals surface area contributed by atoms with Gasteiger partial charge in [-0.1, -0.05) is 12.1 Å². The van der Waals surface area contributed by atoms with Crippen LogP contribution in [0.1, 0.15) is 41.7 Å². The molecule has 0 bridgehead atoms. The first-order valence-electron chi connectivity index (χ1n) is 8.44. The highest BCUT2D eigenvalue weighted by Gasteiger charge is 2.27. The van der Waals surface area contributed by atoms with Crippen LogP contribution < -0.4 is 5.32 Å². The molecule has 1 N–H and O–H groups in total. The van der Waals surface area contributed by atoms with Gasteiger partial charge in [-0.25, -0.2) is 0 Å². The molecule has 2 aromatic rings. The lowest BCUT2D eigenvalue weighted by Gasteiger charge is -2.31. The molecule has 1 saturated heterocycles. The summed E-state index contributed by atoms with van der Waals surface area (Å²) in [5.74, 6) is 1.43. The largest absolute Gasteiger partial charge is 0.372 e. The van der Waals surface area contributed by atoms with Gasteiger partial charge in [0.2, 0.25) is 5.76 Å². The van der Waals surface area contributed by atoms with Crippen molar-refractivity contribution in [3.05, 3.63) is 35.3 Å². The maximum atomic E-state index is 12.6. The Hall–Kier alpha value is -2.44. The summed E-state index contributed by atoms with van der Waals surface area (Å²) in [6, 6.07) is 5.66. The quantitative estimate of drug-likeness (QED) is 0.905. The minimum absolute atomic E-state index is 0.0662. The van der Waals surface area contributed by atoms with E-state index in [4.69, 9.17) is 4.52 Å². The lowest BCUT2D eigenvalue weighted by Crippen LogP contribution is -2.40. The molecule has 0 spiro atoms. The summed E-state index contributed by atoms with van der Waals surface area (Å²) in [6.45, 7) is 3.47. The highest BCUT2D eigenvalue weighted by Crippen LogP contribution is 2.22. The predicted octanol–water partition coefficient (Wildman–Crippen LogP) is 2.16. The topological polar surface area (TPSA) is 84.2 Å². The van der Waals surface area contributed by atoms with E-state index in [9.17, 15) is 4.79 Å². The highest BCUT2D eigenvalue weighted by atomic mass is 16.5. The van der Waals surface area contributed by atoms with Crippen molar-refractivity contribution in [2.45, 2.75) is 32.6 Å². The fourth-order valence-corrected chi connectivity index (χ4v) is 3.05. The van der Waals surface area contributed by atoms with E-state index in [1.165, 1.54) is 0 Å². The lowest BCUT2D eigenvalue weighted by molar-refractivity contribution is 0.0631. The van der Waals surface area contributed by atoms with Crippen LogP contribution in [0.5, 0.6) is 0 Å². The van der Waals surface area contributed by atoms with Gasteiger partial charge in [0.05, 0.1) is 11.4 Å². The molecule has 7 nitrogen and oxygen atoms in total. The molecule has 1 aliphatic rings. The molecular weight excluding hydrogens is 306 g/mol. The van der Waals surface area contributed by atoms with Crippen molar-refractivity contribution in [1.29, 1.82) is 0 Å². The minimum atomic E-state index is -0.0662. The number of anilines is 1. The number of likely N-dealkylation sites (tertiary alicyclic amines) is 1. The average Bonchev–Trinajstić information content (AvgIpc) is 3.11. The summed E-state index contributed by atoms with van der Waals surface area (Å²) in [5, 5.41) is 15.2. The molecule has 24 heavy (non-hydrogen) atoms. The summed E-state index contributed by atoms with van der Waals surface area (Å²) in [5.41, 5.74) is 1.77. The fraction of sp³-hybridized carbons (Fsp3) is 0.529. The second kappa shape index (κ2) is 7.42. The monoisotopic (exact) mass is 329 g/mol. The maximum Gasteiger partial charge on any atom is 0.292 e. The van der Waals surface area contributed by atoms with Gasteiger partial charge in [-0.3, -0.25) is 4.79 Å². The van der Waals surface area contributed by atoms with Crippen molar-refractivity contribution < 1.29 is 9.32 Å². The zero-order valence-corrected chi connectivity index (χ0v) is 14.2. The number of hydrogen-bond donors (Lipinski definition) is 1. The van der Waals surface area contributed by atoms with Gasteiger partial charge in [-0.05, 0) is 43.7 Å². The van der Waals surface area contributed by atoms with Gasteiger partial charge < -0.3 is 14.7 Å². The molecule has 1 aliphatic heterocycles. The van der Waals surface area contributed by atoms with Gasteiger partial charge >= 0.3 is 0 Å². The predicted molar refractivity (Wildman–Crippen MR) is 89.8 cm³/mol. The molecule has 2 aromatic heterocycles. The summed E-state index contributed by atoms with van der Waals surface area (Å²) in [6.07, 6.45) is 3.68. The Labute approximate surface area is 141 Å². The number of carbonyl (C=O) groups is 1. The second-order valence-corrected chi connectivity index (χ2v) is 6.16. The van der Waals surface area contributed by atoms with Gasteiger partial charge in [0, 0.05) is 26.2 Å². The molecule has 1 amide bonds. The van der Waals surface area contributed by atoms with E-state index < -0.39 is 0 Å². The number of amides is 1. The van der Waals surface area contributed by atoms with Crippen LogP contribution in [0.2, 0.25) is 0 Å². The summed E-state index contributed by atoms with van der Waals surface area (Å²) < 4.78 is 5.18. The Kier molecular flexibility index (Phi) is 5.08. The van der Waals surface area contributed by atoms with Crippen LogP contribution in [0.25, 0.3) is 0 Å². The van der Waals surface area contributed by atoms with E-state index in [0.29, 0.717) is 11.7 Å². The number of nitrogens with zero attached hydrogens (tertiary/aromatic N) is 4. The number of piperidine rings is 1. The van der Waals surface area contributed by atoms with Crippen molar-refractivity contribution in [2.75, 3.05) is 25.5 Å². The number of aromatic nitrogens is 3. The van der Waals surface area contributed by atoms with Crippen molar-refractivity contribution in [3.8, 4) is 0 Å². The standard InChI is InChI=1S/C17H23N5O2/c1-3-13-10-15(24-21-13)17(23)22-8-4-5-12(11-22)9-14-6-7-16(18-2)20-19-14/h6-7,10,12H,3-5,8-9,11H2,1-2H3,(H,18,20). The Morgan fingerprint density at radius 1 is 1.38 bits per heavy atom. The first-order valence-corrected chi connectivity index (χ1v) is 8.44. The van der Waals surface area contributed by atoms with Crippen LogP contribution in [0, 0.1) is 5.92 Å². The van der Waals surface area contributed by atoms with Gasteiger partial charge in [-0.2, -0.15) is 5.10 Å². The van der Waals surface area contributed by atoms with Crippen LogP contribution >= 0.6 is 0 Å². The van der Waals surface area contributed by atoms with Crippen LogP contribution in [0.4, 0.5) is 5.82 Å². The number of hydrogen-bond acceptors (Lipinski definition) is 6. The molecule has 0 radical (unpaired) electrons. The number of nitrogens with one attached hydrogen (secondary N) is 1. The molecule has 0 saturated carbocycles. The fourth-order valence-electron chi connectivity index (χ4n) is 3.05. The van der Waals surface area contributed by atoms with E-state index >= 15 is 0 Å². The zero-order chi connectivity index (χ0) is 16.9. The van der Waals surface area contributed by atoms with Gasteiger partial charge in [0.15, 0.2) is 0 Å². The third kappa shape index (κ3) is 3.72. The maximum absolute atomic E-state index is 12.6. The lowest BCUT2D eigenvalue weighted by atomic mass is 9.93. The van der Waals surface area contributed by atoms with Gasteiger partial charge in [0.25, 0.3) is 5.91 Å². The Balaban J connectivity index is 1.61. The van der Waals surface area contributed by atoms with Crippen LogP contribution in [-0.2, 0) is 12.8 Å². The minimum Gasteiger partial charge on any atom is -0.372 e. The van der Waals surface area contributed by atoms with Gasteiger partial charge in [-0.15, -0.1) is 5.10 Å². The number of carbonyl (C=O) groups excluding carboxylic acids is 1. The average molecular weight is 329 g/mol. The third-order valence-corrected chi connectivity index (χ3v) is 4.41. The number of rotatable bonds is 5. The summed E-state index contributed by atoms with van der Waals surface area (Å²) in [4.78, 5) is 14.4. The molecule has 3 rings (SSSR count). The van der Waals surface area contributed by atoms with E-state index in [-0.39, 0.29) is 5.91 Å². The Morgan fingerprint density at radius 2 is 2.25 bits per heavy atom. The molecule has 128 valence electrons. The van der Waals surface area contributed by atoms with Gasteiger partial charge in [0.1, 0.15) is 5.82 Å². The third-order valence-electron chi connectivity index (χ3n) is 4.41. The summed E-state index contributed by atoms with van der Waals surface area (Å²) in [7, 11) is 1.82. The normalized spacial score (nSPS) is 17.8. The van der Waals surface area contributed by atoms with Crippen LogP contribution in [0.15, 0.2) is 22.7 Å². The molecule has 1 unspecified atom stereocenters. The Morgan fingerprint density at radius 3 is 2.92 bits per heavy atom. The van der Waals surface area contributed by atoms with E-state index in [1.807, 2.05) is 31.0 Å². The van der Waals surface area contributed by atoms with Crippen molar-refractivity contribution >= 4 is 11.7 Å². The van der Waals surface area contributed by atoms with Crippen LogP contribution in [-0.4, -0.2) is 46.3 Å². The first-order chi connectivity index (χ1) is 11.7. The smallest absolute Gasteiger partial charge is 0.292 e. The number of aryl methyl sites for hydroxylation is 1. The van der Waals surface area contributed by atoms with E-state index in [1.54, 1.807) is 6.07 Å². The molecule has 0 aliphatic carbocycles. The van der Waals surface area contributed by atoms with E-state index in [2.05, 4.69) is 20.7 Å². The molecule has 7 heteroatoms. The molecular formula is C17H23N5O2. The molecule has 1 atom stereocenters. The molecule has 0 aromatic carbocycles.